The zero-order valence-electron chi connectivity index (χ0n) is 54.0. The van der Waals surface area contributed by atoms with Gasteiger partial charge in [0.15, 0.2) is 12.1 Å². The van der Waals surface area contributed by atoms with Crippen LogP contribution in [0.3, 0.4) is 0 Å². The van der Waals surface area contributed by atoms with Crippen molar-refractivity contribution >= 4 is 29.2 Å². The molecular weight excluding hydrogens is 1180 g/mol. The lowest BCUT2D eigenvalue weighted by atomic mass is 9.78. The summed E-state index contributed by atoms with van der Waals surface area (Å²) in [5.41, 5.74) is 1.08. The molecule has 0 radical (unpaired) electrons. The standard InChI is InChI=1S/C65H103NO24/c1-35-16-12-11-13-17-36(2)47(81-8)30-43-21-19-41(7)65(80,89-43)60(76)61(77)66-23-15-14-18-44(66)62(78)87-48(38(4)28-42-20-22-46(84-25-24-67)49(29-42)82-9)31-45(69)37(3)27-40(6)57(58(83-10)52(70)39(5)26-35)86-34-64(79)59(75)54(72)51(90-64)33-85-63-56(74)55(73)53(71)50(32-68)88-63/h11-13,16-17,27,35,37-39,41-44,46-51,53-59,63,67-68,71-75,79-80H,14-15,18-26,28-34H2,1-10H3/b13-11+,16-12+,36-17+,40-27+/t35-,37-,38-,39-,41-,42?,43+,44?,46-,47+,48+,49-,50+,51+,53+,54+,55-,56+,57-,58+,59-,63-,64+,65-/m1/s1. The second kappa shape index (κ2) is 34.6. The molecule has 5 aliphatic heterocycles. The first-order chi connectivity index (χ1) is 42.7. The third-order valence-electron chi connectivity index (χ3n) is 19.1. The molecule has 2 unspecified atom stereocenters. The molecule has 1 amide bonds. The lowest BCUT2D eigenvalue weighted by molar-refractivity contribution is -0.311. The fourth-order valence-corrected chi connectivity index (χ4v) is 13.4. The van der Waals surface area contributed by atoms with Crippen LogP contribution in [-0.4, -0.2) is 250 Å². The number of amides is 1. The van der Waals surface area contributed by atoms with Crippen LogP contribution in [0.1, 0.15) is 126 Å². The highest BCUT2D eigenvalue weighted by Gasteiger charge is 2.56. The Kier molecular flexibility index (Phi) is 28.9. The Bertz CT molecular complexity index is 2470. The van der Waals surface area contributed by atoms with Crippen molar-refractivity contribution in [2.75, 3.05) is 60.9 Å². The zero-order chi connectivity index (χ0) is 66.4. The predicted octanol–water partition coefficient (Wildman–Crippen LogP) is 1.85. The average molecular weight is 1280 g/mol. The summed E-state index contributed by atoms with van der Waals surface area (Å²) in [5, 5.41) is 96.7. The van der Waals surface area contributed by atoms with Gasteiger partial charge in [0.05, 0.1) is 50.8 Å². The SMILES string of the molecule is CO[C@H]1C[C@@H]2CC[C@@H](C)[C@@](O)(O2)C(=O)C(=O)N2CCCCC2C(=O)O[C@H]([C@H](C)CC2CC[C@@H](OCCO)[C@H](OC)C2)CC(=O)[C@H](C)/C=C(\C)[C@@H](OC[C@]2(O)O[C@@H](CO[C@@H]3O[C@@H](CO)[C@H](O)[C@@H](O)[C@@H]3O)[C@H](O)[C@H]2O)[C@@H](OC)C(=O)[C@H](C)C[C@H](C)/C=C/C=C/C=C/1C. The lowest BCUT2D eigenvalue weighted by Gasteiger charge is -2.42. The Morgan fingerprint density at radius 3 is 2.14 bits per heavy atom. The maximum atomic E-state index is 14.9. The molecule has 5 fully saturated rings. The number of ketones is 3. The molecule has 0 spiro atoms. The first-order valence-corrected chi connectivity index (χ1v) is 32.0. The summed E-state index contributed by atoms with van der Waals surface area (Å²) in [6, 6.07) is -1.25. The molecule has 90 heavy (non-hydrogen) atoms. The van der Waals surface area contributed by atoms with Gasteiger partial charge in [-0.25, -0.2) is 4.79 Å². The number of carbonyl (C=O) groups is 5. The fraction of sp³-hybridized carbons (Fsp3) is 0.800. The van der Waals surface area contributed by atoms with E-state index in [0.717, 1.165) is 10.5 Å². The first kappa shape index (κ1) is 75.2. The van der Waals surface area contributed by atoms with E-state index in [1.54, 1.807) is 40.9 Å². The van der Waals surface area contributed by atoms with Crippen molar-refractivity contribution in [1.82, 2.24) is 4.90 Å². The number of carbonyl (C=O) groups excluding carboxylic acids is 5. The number of cyclic esters (lactones) is 1. The Morgan fingerprint density at radius 2 is 1.47 bits per heavy atom. The predicted molar refractivity (Wildman–Crippen MR) is 321 cm³/mol. The molecule has 4 saturated heterocycles. The maximum Gasteiger partial charge on any atom is 0.329 e. The van der Waals surface area contributed by atoms with E-state index in [0.29, 0.717) is 57.8 Å². The number of piperidine rings is 1. The van der Waals surface area contributed by atoms with Crippen molar-refractivity contribution in [3.05, 3.63) is 47.6 Å². The molecule has 5 heterocycles. The van der Waals surface area contributed by atoms with E-state index < -0.39 is 170 Å². The van der Waals surface area contributed by atoms with E-state index in [2.05, 4.69) is 0 Å². The van der Waals surface area contributed by atoms with Crippen LogP contribution >= 0.6 is 0 Å². The van der Waals surface area contributed by atoms with Crippen molar-refractivity contribution in [2.24, 2.45) is 35.5 Å². The number of aliphatic hydroxyl groups excluding tert-OH is 7. The molecule has 6 aliphatic rings. The number of fused-ring (bicyclic) bond motifs is 3. The van der Waals surface area contributed by atoms with Crippen molar-refractivity contribution in [3.63, 3.8) is 0 Å². The minimum Gasteiger partial charge on any atom is -0.460 e. The summed E-state index contributed by atoms with van der Waals surface area (Å²) in [5.74, 6) is -12.2. The van der Waals surface area contributed by atoms with E-state index in [1.165, 1.54) is 14.2 Å². The topological polar surface area (TPSA) is 363 Å². The number of ether oxygens (including phenoxy) is 10. The fourth-order valence-electron chi connectivity index (χ4n) is 13.4. The van der Waals surface area contributed by atoms with Crippen LogP contribution < -0.4 is 0 Å². The second-order valence-corrected chi connectivity index (χ2v) is 25.9. The molecule has 24 atom stereocenters. The van der Waals surface area contributed by atoms with Gasteiger partial charge in [-0.2, -0.15) is 0 Å². The van der Waals surface area contributed by atoms with Crippen LogP contribution in [-0.2, 0) is 71.3 Å². The van der Waals surface area contributed by atoms with Gasteiger partial charge in [0.1, 0.15) is 79.5 Å². The number of esters is 1. The van der Waals surface area contributed by atoms with Crippen LogP contribution in [0.2, 0.25) is 0 Å². The molecular formula is C65H103NO24. The van der Waals surface area contributed by atoms with E-state index in [-0.39, 0.29) is 68.6 Å². The van der Waals surface area contributed by atoms with Crippen molar-refractivity contribution in [1.29, 1.82) is 0 Å². The number of allylic oxidation sites excluding steroid dienone is 6. The average Bonchev–Trinajstić information content (AvgIpc) is 1.35. The van der Waals surface area contributed by atoms with E-state index in [4.69, 9.17) is 47.4 Å². The number of nitrogens with zero attached hydrogens (tertiary/aromatic N) is 1. The largest absolute Gasteiger partial charge is 0.460 e. The van der Waals surface area contributed by atoms with Crippen molar-refractivity contribution in [2.45, 2.75) is 235 Å². The van der Waals surface area contributed by atoms with Gasteiger partial charge in [-0.15, -0.1) is 0 Å². The third-order valence-corrected chi connectivity index (χ3v) is 19.1. The Morgan fingerprint density at radius 1 is 0.733 bits per heavy atom. The summed E-state index contributed by atoms with van der Waals surface area (Å²) < 4.78 is 59.2. The molecule has 25 heteroatoms. The third kappa shape index (κ3) is 18.8. The van der Waals surface area contributed by atoms with Gasteiger partial charge in [0, 0.05) is 58.5 Å². The molecule has 1 saturated carbocycles. The summed E-state index contributed by atoms with van der Waals surface area (Å²) in [6.45, 7) is 9.92. The number of aliphatic hydroxyl groups is 9. The highest BCUT2D eigenvalue weighted by Crippen LogP contribution is 2.39. The number of hydrogen-bond acceptors (Lipinski definition) is 24. The number of rotatable bonds is 16. The molecule has 2 bridgehead atoms. The van der Waals surface area contributed by atoms with Crippen LogP contribution in [0, 0.1) is 35.5 Å². The molecule has 9 N–H and O–H groups in total. The maximum absolute atomic E-state index is 14.9. The molecule has 6 rings (SSSR count). The number of Topliss-reactive ketones (excluding diaryl/α,β-unsaturated/α-hetero) is 3. The zero-order valence-corrected chi connectivity index (χ0v) is 54.0. The Labute approximate surface area is 528 Å². The minimum absolute atomic E-state index is 0.00639. The molecule has 512 valence electrons. The van der Waals surface area contributed by atoms with Crippen molar-refractivity contribution < 1.29 is 117 Å². The van der Waals surface area contributed by atoms with Gasteiger partial charge < -0.3 is 98.2 Å². The lowest BCUT2D eigenvalue weighted by Crippen LogP contribution is -2.61. The first-order valence-electron chi connectivity index (χ1n) is 32.0. The van der Waals surface area contributed by atoms with Crippen LogP contribution in [0.5, 0.6) is 0 Å². The molecule has 1 aliphatic carbocycles. The second-order valence-electron chi connectivity index (χ2n) is 25.9. The van der Waals surface area contributed by atoms with Gasteiger partial charge in [0.2, 0.25) is 11.6 Å². The summed E-state index contributed by atoms with van der Waals surface area (Å²) in [4.78, 5) is 74.5. The van der Waals surface area contributed by atoms with Gasteiger partial charge in [-0.1, -0.05) is 71.1 Å². The van der Waals surface area contributed by atoms with Crippen LogP contribution in [0.4, 0.5) is 0 Å². The Hall–Kier alpha value is -3.81. The van der Waals surface area contributed by atoms with Crippen molar-refractivity contribution in [3.8, 4) is 0 Å². The molecule has 25 nitrogen and oxygen atoms in total. The molecule has 0 aromatic rings. The smallest absolute Gasteiger partial charge is 0.329 e. The number of methoxy groups -OCH3 is 3. The van der Waals surface area contributed by atoms with Gasteiger partial charge in [0.25, 0.3) is 11.7 Å². The van der Waals surface area contributed by atoms with Gasteiger partial charge in [-0.05, 0) is 107 Å². The highest BCUT2D eigenvalue weighted by atomic mass is 16.7. The number of hydrogen-bond donors (Lipinski definition) is 9. The Balaban J connectivity index is 1.34. The van der Waals surface area contributed by atoms with Crippen LogP contribution in [0.25, 0.3) is 0 Å². The van der Waals surface area contributed by atoms with E-state index in [9.17, 15) is 69.9 Å². The summed E-state index contributed by atoms with van der Waals surface area (Å²) in [7, 11) is 4.42. The van der Waals surface area contributed by atoms with Gasteiger partial charge in [-0.3, -0.25) is 19.2 Å². The molecule has 0 aromatic heterocycles. The normalized spacial score (nSPS) is 42.7. The van der Waals surface area contributed by atoms with Gasteiger partial charge >= 0.3 is 5.97 Å². The summed E-state index contributed by atoms with van der Waals surface area (Å²) in [6.07, 6.45) is -3.95. The van der Waals surface area contributed by atoms with Crippen LogP contribution in [0.15, 0.2) is 47.6 Å². The summed E-state index contributed by atoms with van der Waals surface area (Å²) >= 11 is 0. The highest BCUT2D eigenvalue weighted by molar-refractivity contribution is 6.39. The molecule has 0 aromatic carbocycles. The minimum atomic E-state index is -2.68. The van der Waals surface area contributed by atoms with E-state index >= 15 is 0 Å². The monoisotopic (exact) mass is 1280 g/mol. The van der Waals surface area contributed by atoms with E-state index in [1.807, 2.05) is 51.2 Å². The quantitative estimate of drug-likeness (QED) is 0.0605.